The Morgan fingerprint density at radius 3 is 3.07 bits per heavy atom. The van der Waals surface area contributed by atoms with E-state index in [1.54, 1.807) is 19.3 Å². The first kappa shape index (κ1) is 18.0. The third-order valence-electron chi connectivity index (χ3n) is 4.66. The Hall–Kier alpha value is -3.39. The highest BCUT2D eigenvalue weighted by atomic mass is 16.5. The average molecular weight is 377 g/mol. The summed E-state index contributed by atoms with van der Waals surface area (Å²) >= 11 is 0. The Labute approximate surface area is 161 Å². The van der Waals surface area contributed by atoms with Crippen LogP contribution in [-0.2, 0) is 20.7 Å². The number of pyridine rings is 1. The van der Waals surface area contributed by atoms with Gasteiger partial charge in [-0.1, -0.05) is 12.1 Å². The second-order valence-electron chi connectivity index (χ2n) is 6.41. The topological polar surface area (TPSA) is 98.0 Å². The van der Waals surface area contributed by atoms with Crippen molar-refractivity contribution >= 4 is 23.0 Å². The molecular formula is C20H19N5O3. The van der Waals surface area contributed by atoms with Crippen LogP contribution in [0.4, 0.5) is 0 Å². The Kier molecular flexibility index (Phi) is 4.94. The van der Waals surface area contributed by atoms with Gasteiger partial charge in [0.2, 0.25) is 5.78 Å². The second kappa shape index (κ2) is 7.69. The smallest absolute Gasteiger partial charge is 0.256 e. The number of hydrogen-bond acceptors (Lipinski definition) is 6. The summed E-state index contributed by atoms with van der Waals surface area (Å²) < 4.78 is 7.21. The molecule has 2 aliphatic rings. The van der Waals surface area contributed by atoms with Crippen molar-refractivity contribution in [2.45, 2.75) is 18.9 Å². The fourth-order valence-electron chi connectivity index (χ4n) is 3.21. The zero-order valence-corrected chi connectivity index (χ0v) is 15.3. The Morgan fingerprint density at radius 2 is 2.21 bits per heavy atom. The zero-order valence-electron chi connectivity index (χ0n) is 15.3. The third-order valence-corrected chi connectivity index (χ3v) is 4.66. The predicted octanol–water partition coefficient (Wildman–Crippen LogP) is 1.20. The van der Waals surface area contributed by atoms with Crippen LogP contribution >= 0.6 is 0 Å². The van der Waals surface area contributed by atoms with Gasteiger partial charge in [0.15, 0.2) is 5.65 Å². The minimum absolute atomic E-state index is 0.0353. The number of ketones is 1. The minimum Gasteiger partial charge on any atom is -0.371 e. The summed E-state index contributed by atoms with van der Waals surface area (Å²) in [6.45, 7) is 0.418. The number of allylic oxidation sites excluding steroid dienone is 2. The number of amides is 1. The molecule has 0 fully saturated rings. The molecule has 1 unspecified atom stereocenters. The Bertz CT molecular complexity index is 1060. The van der Waals surface area contributed by atoms with E-state index in [-0.39, 0.29) is 17.5 Å². The van der Waals surface area contributed by atoms with Crippen molar-refractivity contribution in [3.63, 3.8) is 0 Å². The van der Waals surface area contributed by atoms with E-state index in [0.717, 1.165) is 11.5 Å². The molecule has 1 aliphatic carbocycles. The van der Waals surface area contributed by atoms with Crippen LogP contribution in [0.1, 0.15) is 12.2 Å². The number of aliphatic imine (C=N–C) groups is 1. The van der Waals surface area contributed by atoms with Gasteiger partial charge in [0.1, 0.15) is 17.5 Å². The van der Waals surface area contributed by atoms with Crippen LogP contribution in [0.5, 0.6) is 0 Å². The van der Waals surface area contributed by atoms with Crippen molar-refractivity contribution in [1.29, 1.82) is 0 Å². The largest absolute Gasteiger partial charge is 0.371 e. The lowest BCUT2D eigenvalue weighted by atomic mass is 9.90. The first-order valence-corrected chi connectivity index (χ1v) is 9.00. The van der Waals surface area contributed by atoms with Gasteiger partial charge in [0, 0.05) is 38.0 Å². The zero-order chi connectivity index (χ0) is 19.5. The van der Waals surface area contributed by atoms with Crippen LogP contribution in [0.2, 0.25) is 0 Å². The van der Waals surface area contributed by atoms with Crippen LogP contribution in [0, 0.1) is 0 Å². The van der Waals surface area contributed by atoms with Gasteiger partial charge in [-0.3, -0.25) is 19.0 Å². The Morgan fingerprint density at radius 1 is 1.32 bits per heavy atom. The summed E-state index contributed by atoms with van der Waals surface area (Å²) in [4.78, 5) is 29.3. The van der Waals surface area contributed by atoms with Crippen molar-refractivity contribution in [2.75, 3.05) is 13.7 Å². The van der Waals surface area contributed by atoms with Crippen molar-refractivity contribution in [3.05, 3.63) is 65.8 Å². The molecule has 0 spiro atoms. The summed E-state index contributed by atoms with van der Waals surface area (Å²) in [6, 6.07) is 5.71. The number of hydrogen-bond donors (Lipinski definition) is 1. The van der Waals surface area contributed by atoms with Gasteiger partial charge < -0.3 is 10.1 Å². The monoisotopic (exact) mass is 377 g/mol. The van der Waals surface area contributed by atoms with Crippen molar-refractivity contribution in [3.8, 4) is 0 Å². The van der Waals surface area contributed by atoms with Crippen LogP contribution < -0.4 is 5.32 Å². The number of carbonyl (C=O) groups is 2. The molecule has 0 saturated heterocycles. The highest BCUT2D eigenvalue weighted by Crippen LogP contribution is 2.22. The number of fused-ring (bicyclic) bond motifs is 2. The molecule has 2 aromatic heterocycles. The molecule has 0 saturated carbocycles. The van der Waals surface area contributed by atoms with Crippen molar-refractivity contribution in [1.82, 2.24) is 19.9 Å². The van der Waals surface area contributed by atoms with E-state index < -0.39 is 5.91 Å². The molecular weight excluding hydrogens is 358 g/mol. The summed E-state index contributed by atoms with van der Waals surface area (Å²) in [7, 11) is 1.55. The number of nitrogens with zero attached hydrogens (tertiary/aromatic N) is 4. The van der Waals surface area contributed by atoms with Crippen molar-refractivity contribution in [2.24, 2.45) is 4.99 Å². The number of Topliss-reactive ketones (excluding diaryl/α,β-unsaturated/α-hetero) is 1. The van der Waals surface area contributed by atoms with Gasteiger partial charge in [-0.05, 0) is 30.7 Å². The predicted molar refractivity (Wildman–Crippen MR) is 103 cm³/mol. The van der Waals surface area contributed by atoms with E-state index in [2.05, 4.69) is 20.5 Å². The highest BCUT2D eigenvalue weighted by Gasteiger charge is 2.32. The molecule has 2 aromatic rings. The number of nitrogens with one attached hydrogen (secondary N) is 1. The molecule has 3 heterocycles. The maximum absolute atomic E-state index is 12.6. The van der Waals surface area contributed by atoms with Gasteiger partial charge in [0.25, 0.3) is 5.91 Å². The molecule has 4 rings (SSSR count). The molecule has 8 nitrogen and oxygen atoms in total. The van der Waals surface area contributed by atoms with Crippen LogP contribution in [-0.4, -0.2) is 51.8 Å². The summed E-state index contributed by atoms with van der Waals surface area (Å²) in [6.07, 6.45) is 9.40. The number of ether oxygens (including phenoxy) is 1. The maximum atomic E-state index is 12.6. The molecule has 142 valence electrons. The summed E-state index contributed by atoms with van der Waals surface area (Å²) in [5.74, 6) is 0.0671. The van der Waals surface area contributed by atoms with Crippen LogP contribution in [0.3, 0.4) is 0 Å². The summed E-state index contributed by atoms with van der Waals surface area (Å²) in [5.41, 5.74) is 1.76. The maximum Gasteiger partial charge on any atom is 0.256 e. The highest BCUT2D eigenvalue weighted by molar-refractivity contribution is 6.38. The molecule has 28 heavy (non-hydrogen) atoms. The van der Waals surface area contributed by atoms with Crippen LogP contribution in [0.15, 0.2) is 65.0 Å². The minimum atomic E-state index is -0.427. The van der Waals surface area contributed by atoms with E-state index in [1.165, 1.54) is 6.20 Å². The quantitative estimate of drug-likeness (QED) is 0.602. The molecule has 1 amide bonds. The summed E-state index contributed by atoms with van der Waals surface area (Å²) in [5, 5.41) is 11.1. The molecule has 1 aliphatic heterocycles. The lowest BCUT2D eigenvalue weighted by Gasteiger charge is -2.22. The normalized spacial score (nSPS) is 18.4. The first-order valence-electron chi connectivity index (χ1n) is 9.00. The molecule has 0 bridgehead atoms. The standard InChI is InChI=1S/C20H19N5O3/c1-28-15-7-4-6-13-18(15)22-12-14(19(13)26)20(27)21-10-5-9-17-24-23-16-8-2-3-11-25(16)17/h2-4,6-8,11-12,15H,5,9-10H2,1H3,(H,21,27). The molecule has 0 aromatic carbocycles. The number of aryl methyl sites for hydroxylation is 1. The average Bonchev–Trinajstić information content (AvgIpc) is 3.14. The second-order valence-corrected chi connectivity index (χ2v) is 6.41. The van der Waals surface area contributed by atoms with E-state index in [4.69, 9.17) is 4.74 Å². The number of aromatic nitrogens is 3. The SMILES string of the molecule is COC1C=CC=C2C(=O)C(C(=O)NCCCc3nnc4ccccn34)=CN=C21. The van der Waals surface area contributed by atoms with Gasteiger partial charge in [-0.15, -0.1) is 10.2 Å². The van der Waals surface area contributed by atoms with E-state index in [9.17, 15) is 9.59 Å². The number of methoxy groups -OCH3 is 1. The van der Waals surface area contributed by atoms with Gasteiger partial charge in [0.05, 0.1) is 5.71 Å². The van der Waals surface area contributed by atoms with E-state index in [0.29, 0.717) is 30.7 Å². The fourth-order valence-corrected chi connectivity index (χ4v) is 3.21. The van der Waals surface area contributed by atoms with Gasteiger partial charge in [-0.2, -0.15) is 0 Å². The lowest BCUT2D eigenvalue weighted by molar-refractivity contribution is -0.121. The van der Waals surface area contributed by atoms with Gasteiger partial charge >= 0.3 is 0 Å². The number of carbonyl (C=O) groups excluding carboxylic acids is 2. The fraction of sp³-hybridized carbons (Fsp3) is 0.250. The lowest BCUT2D eigenvalue weighted by Crippen LogP contribution is -2.36. The number of rotatable bonds is 6. The van der Waals surface area contributed by atoms with Crippen LogP contribution in [0.25, 0.3) is 5.65 Å². The molecule has 8 heteroatoms. The molecule has 1 N–H and O–H groups in total. The van der Waals surface area contributed by atoms with Gasteiger partial charge in [-0.25, -0.2) is 0 Å². The van der Waals surface area contributed by atoms with E-state index >= 15 is 0 Å². The molecule has 0 radical (unpaired) electrons. The van der Waals surface area contributed by atoms with Crippen molar-refractivity contribution < 1.29 is 14.3 Å². The Balaban J connectivity index is 1.36. The molecule has 1 atom stereocenters. The van der Waals surface area contributed by atoms with E-state index in [1.807, 2.05) is 34.9 Å². The third kappa shape index (κ3) is 3.29. The first-order chi connectivity index (χ1) is 13.7.